The standard InChI is InChI=1S/C11H15FO/c1-7(2)9-5-10(12)8(3)11(6-9)13-4/h5-7H,1-4H3. The zero-order valence-corrected chi connectivity index (χ0v) is 8.52. The quantitative estimate of drug-likeness (QED) is 0.682. The van der Waals surface area contributed by atoms with Crippen molar-refractivity contribution in [3.05, 3.63) is 29.1 Å². The van der Waals surface area contributed by atoms with Crippen molar-refractivity contribution >= 4 is 0 Å². The Hall–Kier alpha value is -1.05. The predicted octanol–water partition coefficient (Wildman–Crippen LogP) is 3.27. The lowest BCUT2D eigenvalue weighted by Gasteiger charge is -2.11. The van der Waals surface area contributed by atoms with Crippen molar-refractivity contribution in [2.45, 2.75) is 26.7 Å². The van der Waals surface area contributed by atoms with Gasteiger partial charge in [0, 0.05) is 5.56 Å². The number of hydrogen-bond acceptors (Lipinski definition) is 1. The number of halogens is 1. The summed E-state index contributed by atoms with van der Waals surface area (Å²) in [6.07, 6.45) is 0. The van der Waals surface area contributed by atoms with E-state index in [4.69, 9.17) is 4.74 Å². The lowest BCUT2D eigenvalue weighted by atomic mass is 10.0. The molecule has 0 saturated heterocycles. The summed E-state index contributed by atoms with van der Waals surface area (Å²) in [4.78, 5) is 0. The summed E-state index contributed by atoms with van der Waals surface area (Å²) in [5.74, 6) is 0.760. The smallest absolute Gasteiger partial charge is 0.130 e. The van der Waals surface area contributed by atoms with Gasteiger partial charge in [0.25, 0.3) is 0 Å². The van der Waals surface area contributed by atoms with Gasteiger partial charge in [-0.1, -0.05) is 13.8 Å². The molecule has 0 unspecified atom stereocenters. The Balaban J connectivity index is 3.22. The minimum Gasteiger partial charge on any atom is -0.496 e. The minimum absolute atomic E-state index is 0.192. The first kappa shape index (κ1) is 10.0. The second-order valence-corrected chi connectivity index (χ2v) is 3.48. The van der Waals surface area contributed by atoms with E-state index >= 15 is 0 Å². The third kappa shape index (κ3) is 2.00. The fraction of sp³-hybridized carbons (Fsp3) is 0.455. The number of methoxy groups -OCH3 is 1. The predicted molar refractivity (Wildman–Crippen MR) is 51.8 cm³/mol. The van der Waals surface area contributed by atoms with Gasteiger partial charge in [-0.25, -0.2) is 4.39 Å². The van der Waals surface area contributed by atoms with Gasteiger partial charge in [-0.15, -0.1) is 0 Å². The molecular weight excluding hydrogens is 167 g/mol. The maximum Gasteiger partial charge on any atom is 0.130 e. The van der Waals surface area contributed by atoms with Crippen molar-refractivity contribution in [1.29, 1.82) is 0 Å². The Kier molecular flexibility index (Phi) is 2.91. The second kappa shape index (κ2) is 3.77. The van der Waals surface area contributed by atoms with Gasteiger partial charge in [0.2, 0.25) is 0 Å². The van der Waals surface area contributed by atoms with Gasteiger partial charge in [-0.05, 0) is 30.5 Å². The number of rotatable bonds is 2. The lowest BCUT2D eigenvalue weighted by molar-refractivity contribution is 0.406. The number of benzene rings is 1. The van der Waals surface area contributed by atoms with Gasteiger partial charge in [0.15, 0.2) is 0 Å². The van der Waals surface area contributed by atoms with E-state index < -0.39 is 0 Å². The zero-order chi connectivity index (χ0) is 10.0. The van der Waals surface area contributed by atoms with Crippen molar-refractivity contribution in [2.24, 2.45) is 0 Å². The third-order valence-corrected chi connectivity index (χ3v) is 2.21. The molecule has 0 bridgehead atoms. The van der Waals surface area contributed by atoms with Crippen LogP contribution in [0.5, 0.6) is 5.75 Å². The van der Waals surface area contributed by atoms with Gasteiger partial charge in [0.05, 0.1) is 7.11 Å². The second-order valence-electron chi connectivity index (χ2n) is 3.48. The van der Waals surface area contributed by atoms with E-state index in [0.717, 1.165) is 5.56 Å². The zero-order valence-electron chi connectivity index (χ0n) is 8.52. The molecule has 0 amide bonds. The summed E-state index contributed by atoms with van der Waals surface area (Å²) >= 11 is 0. The van der Waals surface area contributed by atoms with E-state index in [-0.39, 0.29) is 5.82 Å². The summed E-state index contributed by atoms with van der Waals surface area (Å²) in [6, 6.07) is 3.46. The Labute approximate surface area is 78.5 Å². The van der Waals surface area contributed by atoms with E-state index in [9.17, 15) is 4.39 Å². The summed E-state index contributed by atoms with van der Waals surface area (Å²) in [7, 11) is 1.56. The minimum atomic E-state index is -0.192. The van der Waals surface area contributed by atoms with Crippen molar-refractivity contribution in [3.63, 3.8) is 0 Å². The van der Waals surface area contributed by atoms with Gasteiger partial charge < -0.3 is 4.74 Å². The highest BCUT2D eigenvalue weighted by Gasteiger charge is 2.09. The molecule has 1 aromatic carbocycles. The topological polar surface area (TPSA) is 9.23 Å². The van der Waals surface area contributed by atoms with Gasteiger partial charge in [0.1, 0.15) is 11.6 Å². The molecule has 0 heterocycles. The van der Waals surface area contributed by atoms with E-state index in [1.54, 1.807) is 20.1 Å². The molecular formula is C11H15FO. The van der Waals surface area contributed by atoms with Crippen LogP contribution in [-0.4, -0.2) is 7.11 Å². The van der Waals surface area contributed by atoms with Crippen LogP contribution in [0.3, 0.4) is 0 Å². The Morgan fingerprint density at radius 1 is 1.31 bits per heavy atom. The highest BCUT2D eigenvalue weighted by molar-refractivity contribution is 5.38. The van der Waals surface area contributed by atoms with E-state index in [0.29, 0.717) is 17.2 Å². The molecule has 0 radical (unpaired) electrons. The van der Waals surface area contributed by atoms with Crippen LogP contribution in [0.1, 0.15) is 30.9 Å². The Morgan fingerprint density at radius 2 is 1.92 bits per heavy atom. The molecule has 0 atom stereocenters. The first-order chi connectivity index (χ1) is 6.06. The molecule has 1 nitrogen and oxygen atoms in total. The summed E-state index contributed by atoms with van der Waals surface area (Å²) < 4.78 is 18.4. The van der Waals surface area contributed by atoms with Crippen LogP contribution in [0, 0.1) is 12.7 Å². The third-order valence-electron chi connectivity index (χ3n) is 2.21. The van der Waals surface area contributed by atoms with Crippen molar-refractivity contribution in [3.8, 4) is 5.75 Å². The lowest BCUT2D eigenvalue weighted by Crippen LogP contribution is -1.95. The van der Waals surface area contributed by atoms with Crippen LogP contribution in [0.2, 0.25) is 0 Å². The molecule has 0 spiro atoms. The molecule has 0 aliphatic carbocycles. The monoisotopic (exact) mass is 182 g/mol. The maximum absolute atomic E-state index is 13.3. The van der Waals surface area contributed by atoms with Crippen molar-refractivity contribution < 1.29 is 9.13 Å². The molecule has 1 rings (SSSR count). The summed E-state index contributed by atoms with van der Waals surface area (Å²) in [5, 5.41) is 0. The molecule has 0 fully saturated rings. The first-order valence-corrected chi connectivity index (χ1v) is 4.40. The fourth-order valence-electron chi connectivity index (χ4n) is 1.22. The van der Waals surface area contributed by atoms with Gasteiger partial charge >= 0.3 is 0 Å². The van der Waals surface area contributed by atoms with Crippen molar-refractivity contribution in [2.75, 3.05) is 7.11 Å². The molecule has 0 aromatic heterocycles. The highest BCUT2D eigenvalue weighted by Crippen LogP contribution is 2.26. The fourth-order valence-corrected chi connectivity index (χ4v) is 1.22. The molecule has 0 aliphatic heterocycles. The summed E-state index contributed by atoms with van der Waals surface area (Å²) in [5.41, 5.74) is 1.55. The van der Waals surface area contributed by atoms with Gasteiger partial charge in [-0.2, -0.15) is 0 Å². The maximum atomic E-state index is 13.3. The average molecular weight is 182 g/mol. The number of ether oxygens (including phenoxy) is 1. The van der Waals surface area contributed by atoms with Crippen molar-refractivity contribution in [1.82, 2.24) is 0 Å². The highest BCUT2D eigenvalue weighted by atomic mass is 19.1. The SMILES string of the molecule is COc1cc(C(C)C)cc(F)c1C. The van der Waals surface area contributed by atoms with Crippen LogP contribution in [-0.2, 0) is 0 Å². The number of hydrogen-bond donors (Lipinski definition) is 0. The Morgan fingerprint density at radius 3 is 2.38 bits per heavy atom. The molecule has 0 N–H and O–H groups in total. The molecule has 13 heavy (non-hydrogen) atoms. The molecule has 0 aliphatic rings. The largest absolute Gasteiger partial charge is 0.496 e. The molecule has 0 saturated carbocycles. The van der Waals surface area contributed by atoms with E-state index in [1.165, 1.54) is 0 Å². The summed E-state index contributed by atoms with van der Waals surface area (Å²) in [6.45, 7) is 5.78. The molecule has 1 aromatic rings. The molecule has 2 heteroatoms. The average Bonchev–Trinajstić information content (AvgIpc) is 2.09. The van der Waals surface area contributed by atoms with Crippen LogP contribution >= 0.6 is 0 Å². The van der Waals surface area contributed by atoms with E-state index in [2.05, 4.69) is 0 Å². The van der Waals surface area contributed by atoms with E-state index in [1.807, 2.05) is 19.9 Å². The van der Waals surface area contributed by atoms with Crippen LogP contribution in [0.15, 0.2) is 12.1 Å². The Bertz CT molecular complexity index is 305. The molecule has 72 valence electrons. The van der Waals surface area contributed by atoms with Crippen LogP contribution < -0.4 is 4.74 Å². The first-order valence-electron chi connectivity index (χ1n) is 4.40. The van der Waals surface area contributed by atoms with Gasteiger partial charge in [-0.3, -0.25) is 0 Å². The normalized spacial score (nSPS) is 10.6. The van der Waals surface area contributed by atoms with Crippen LogP contribution in [0.25, 0.3) is 0 Å². The van der Waals surface area contributed by atoms with Crippen LogP contribution in [0.4, 0.5) is 4.39 Å².